The van der Waals surface area contributed by atoms with Gasteiger partial charge in [0.05, 0.1) is 0 Å². The van der Waals surface area contributed by atoms with Gasteiger partial charge in [-0.1, -0.05) is 41.6 Å². The molecule has 1 aromatic carbocycles. The molecule has 0 aliphatic carbocycles. The summed E-state index contributed by atoms with van der Waals surface area (Å²) >= 11 is 2.28. The maximum absolute atomic E-state index is 13.3. The van der Waals surface area contributed by atoms with Gasteiger partial charge in [-0.05, 0) is 31.9 Å². The number of benzene rings is 1. The molecule has 15 nitrogen and oxygen atoms in total. The van der Waals surface area contributed by atoms with Crippen molar-refractivity contribution in [2.45, 2.75) is 44.3 Å². The van der Waals surface area contributed by atoms with E-state index in [2.05, 4.69) is 22.2 Å². The van der Waals surface area contributed by atoms with Crippen LogP contribution >= 0.6 is 23.1 Å². The molecule has 2 aromatic rings. The average Bonchev–Trinajstić information content (AvgIpc) is 3.46. The molecule has 1 fully saturated rings. The number of carbonyl (C=O) groups is 4. The Balaban J connectivity index is 1.47. The molecule has 0 radical (unpaired) electrons. The SMILES string of the molecule is C=[N+](/C=C\C(O)=C(/C)O)Cc1ccc(/C=C\C2=C(C(=O)O)N3C(=O)[C@@H](NC(=O)/C(=N\OC(C)(C)C(=O)O)c4csc(N)n4)[C@H]3SC2)cc1. The monoisotopic (exact) mass is 697 g/mol. The van der Waals surface area contributed by atoms with Crippen LogP contribution in [0.25, 0.3) is 6.08 Å². The lowest BCUT2D eigenvalue weighted by Crippen LogP contribution is -2.71. The van der Waals surface area contributed by atoms with E-state index < -0.39 is 46.5 Å². The highest BCUT2D eigenvalue weighted by Crippen LogP contribution is 2.41. The number of aliphatic hydroxyl groups excluding tert-OH is 2. The number of aliphatic carboxylic acids is 2. The van der Waals surface area contributed by atoms with Crippen LogP contribution in [0.2, 0.25) is 0 Å². The third-order valence-corrected chi connectivity index (χ3v) is 8.98. The maximum atomic E-state index is 13.3. The number of nitrogens with zero attached hydrogens (tertiary/aromatic N) is 4. The van der Waals surface area contributed by atoms with Crippen LogP contribution in [0.15, 0.2) is 75.9 Å². The number of allylic oxidation sites excluding steroid dienone is 3. The van der Waals surface area contributed by atoms with E-state index in [4.69, 9.17) is 10.6 Å². The van der Waals surface area contributed by atoms with Crippen LogP contribution in [0.3, 0.4) is 0 Å². The van der Waals surface area contributed by atoms with Gasteiger partial charge >= 0.3 is 11.9 Å². The molecule has 4 rings (SSSR count). The summed E-state index contributed by atoms with van der Waals surface area (Å²) in [5, 5.41) is 45.3. The Labute approximate surface area is 282 Å². The number of thiazole rings is 1. The Morgan fingerprint density at radius 3 is 2.48 bits per heavy atom. The molecule has 48 heavy (non-hydrogen) atoms. The number of hydrogen-bond acceptors (Lipinski definition) is 12. The van der Waals surface area contributed by atoms with E-state index >= 15 is 0 Å². The highest BCUT2D eigenvalue weighted by molar-refractivity contribution is 8.00. The number of amides is 2. The molecular weight excluding hydrogens is 665 g/mol. The van der Waals surface area contributed by atoms with Crippen molar-refractivity contribution in [1.82, 2.24) is 15.2 Å². The summed E-state index contributed by atoms with van der Waals surface area (Å²) in [5.74, 6) is -4.42. The van der Waals surface area contributed by atoms with Gasteiger partial charge in [0.25, 0.3) is 11.8 Å². The smallest absolute Gasteiger partial charge is 0.352 e. The Kier molecular flexibility index (Phi) is 10.7. The maximum Gasteiger partial charge on any atom is 0.352 e. The zero-order valence-electron chi connectivity index (χ0n) is 26.0. The number of aliphatic hydroxyl groups is 2. The molecule has 0 bridgehead atoms. The first kappa shape index (κ1) is 35.4. The van der Waals surface area contributed by atoms with Gasteiger partial charge in [0.15, 0.2) is 29.3 Å². The first-order valence-electron chi connectivity index (χ1n) is 14.1. The van der Waals surface area contributed by atoms with Gasteiger partial charge in [0.1, 0.15) is 35.3 Å². The number of nitrogen functional groups attached to an aromatic ring is 1. The molecule has 2 aliphatic heterocycles. The summed E-state index contributed by atoms with van der Waals surface area (Å²) in [6.07, 6.45) is 6.19. The van der Waals surface area contributed by atoms with E-state index in [1.54, 1.807) is 16.7 Å². The van der Waals surface area contributed by atoms with E-state index in [-0.39, 0.29) is 33.8 Å². The number of β-lactam (4-membered cyclic amide) rings is 1. The minimum atomic E-state index is -1.78. The van der Waals surface area contributed by atoms with Crippen LogP contribution < -0.4 is 11.1 Å². The predicted octanol–water partition coefficient (Wildman–Crippen LogP) is 2.84. The first-order valence-corrected chi connectivity index (χ1v) is 16.1. The van der Waals surface area contributed by atoms with Gasteiger partial charge in [0.2, 0.25) is 5.60 Å². The number of anilines is 1. The second-order valence-electron chi connectivity index (χ2n) is 11.1. The van der Waals surface area contributed by atoms with Gasteiger partial charge in [-0.3, -0.25) is 14.5 Å². The lowest BCUT2D eigenvalue weighted by atomic mass is 10.0. The largest absolute Gasteiger partial charge is 0.509 e. The molecule has 3 heterocycles. The number of fused-ring (bicyclic) bond motifs is 1. The number of rotatable bonds is 13. The van der Waals surface area contributed by atoms with Crippen LogP contribution in [0.5, 0.6) is 0 Å². The lowest BCUT2D eigenvalue weighted by Gasteiger charge is -2.49. The minimum Gasteiger partial charge on any atom is -0.509 e. The third-order valence-electron chi connectivity index (χ3n) is 7.00. The molecule has 1 aromatic heterocycles. The van der Waals surface area contributed by atoms with E-state index in [0.717, 1.165) is 27.4 Å². The molecule has 0 unspecified atom stereocenters. The standard InChI is InChI=1S/C31H32N6O9S2/c1-16(38)21(39)11-12-36(4)13-18-7-5-17(6-8-18)9-10-19-14-47-27-23(26(41)37(27)24(19)28(42)43)34-25(40)22(20-15-48-30(32)33-20)35-46-31(2,3)29(44)45/h5-12,15,23,27H,4,13-14H2,1-3H3,(H6-,32,33,34,35,38,39,40,42,43,44,45)/p+1/b10-9-,12-11-/t23-,27-/m1/s1. The molecule has 17 heteroatoms. The highest BCUT2D eigenvalue weighted by Gasteiger charge is 2.54. The van der Waals surface area contributed by atoms with E-state index in [9.17, 15) is 39.6 Å². The molecule has 252 valence electrons. The lowest BCUT2D eigenvalue weighted by molar-refractivity contribution is -0.465. The van der Waals surface area contributed by atoms with Gasteiger partial charge < -0.3 is 36.3 Å². The van der Waals surface area contributed by atoms with Gasteiger partial charge in [-0.2, -0.15) is 0 Å². The van der Waals surface area contributed by atoms with Crippen molar-refractivity contribution in [3.8, 4) is 0 Å². The summed E-state index contributed by atoms with van der Waals surface area (Å²) in [7, 11) is 0. The second kappa shape index (κ2) is 14.6. The normalized spacial score (nSPS) is 18.8. The van der Waals surface area contributed by atoms with Crippen molar-refractivity contribution in [3.63, 3.8) is 0 Å². The van der Waals surface area contributed by atoms with Gasteiger partial charge in [0, 0.05) is 22.8 Å². The number of hydrogen-bond donors (Lipinski definition) is 6. The number of oxime groups is 1. The van der Waals surface area contributed by atoms with Gasteiger partial charge in [-0.15, -0.1) is 23.1 Å². The summed E-state index contributed by atoms with van der Waals surface area (Å²) in [6.45, 7) is 8.11. The highest BCUT2D eigenvalue weighted by atomic mass is 32.2. The number of carboxylic acids is 2. The number of nitrogens with one attached hydrogen (secondary N) is 1. The third kappa shape index (κ3) is 8.10. The zero-order valence-corrected chi connectivity index (χ0v) is 27.6. The van der Waals surface area contributed by atoms with E-state index in [0.29, 0.717) is 12.1 Å². The second-order valence-corrected chi connectivity index (χ2v) is 13.1. The molecular formula is C31H33N6O9S2+. The molecule has 7 N–H and O–H groups in total. The molecule has 2 amide bonds. The van der Waals surface area contributed by atoms with Crippen molar-refractivity contribution in [2.24, 2.45) is 5.16 Å². The number of aromatic nitrogens is 1. The fourth-order valence-electron chi connectivity index (χ4n) is 4.30. The minimum absolute atomic E-state index is 0.00838. The van der Waals surface area contributed by atoms with Crippen molar-refractivity contribution in [3.05, 3.63) is 87.6 Å². The quantitative estimate of drug-likeness (QED) is 0.0444. The van der Waals surface area contributed by atoms with E-state index in [1.165, 1.54) is 50.2 Å². The summed E-state index contributed by atoms with van der Waals surface area (Å²) < 4.78 is 1.57. The summed E-state index contributed by atoms with van der Waals surface area (Å²) in [6, 6.07) is 6.27. The zero-order chi connectivity index (χ0) is 35.3. The van der Waals surface area contributed by atoms with Gasteiger partial charge in [-0.25, -0.2) is 19.1 Å². The number of nitrogens with two attached hydrogens (primary N) is 1. The van der Waals surface area contributed by atoms with Crippen molar-refractivity contribution in [1.29, 1.82) is 0 Å². The number of thioether (sulfide) groups is 1. The first-order chi connectivity index (χ1) is 22.6. The van der Waals surface area contributed by atoms with Crippen LogP contribution in [-0.2, 0) is 30.6 Å². The Morgan fingerprint density at radius 2 is 1.90 bits per heavy atom. The molecule has 2 atom stereocenters. The van der Waals surface area contributed by atoms with Crippen LogP contribution in [0.4, 0.5) is 5.13 Å². The molecule has 2 aliphatic rings. The van der Waals surface area contributed by atoms with E-state index in [1.807, 2.05) is 24.3 Å². The topological polar surface area (TPSA) is 228 Å². The number of carbonyl (C=O) groups excluding carboxylic acids is 2. The Morgan fingerprint density at radius 1 is 1.21 bits per heavy atom. The summed E-state index contributed by atoms with van der Waals surface area (Å²) in [4.78, 5) is 60.5. The summed E-state index contributed by atoms with van der Waals surface area (Å²) in [5.41, 5.74) is 5.39. The van der Waals surface area contributed by atoms with Crippen LogP contribution in [0, 0.1) is 0 Å². The molecule has 0 spiro atoms. The van der Waals surface area contributed by atoms with Crippen molar-refractivity contribution in [2.75, 3.05) is 11.5 Å². The fourth-order valence-corrected chi connectivity index (χ4v) is 6.16. The van der Waals surface area contributed by atoms with Crippen molar-refractivity contribution >= 4 is 70.5 Å². The molecule has 1 saturated heterocycles. The number of carboxylic acid groups (broad SMARTS) is 2. The van der Waals surface area contributed by atoms with Crippen LogP contribution in [0.1, 0.15) is 37.6 Å². The average molecular weight is 698 g/mol. The fraction of sp³-hybridized carbons (Fsp3) is 0.258. The predicted molar refractivity (Wildman–Crippen MR) is 179 cm³/mol. The molecule has 0 saturated carbocycles. The Hall–Kier alpha value is -5.42. The van der Waals surface area contributed by atoms with Crippen LogP contribution in [-0.4, -0.2) is 93.8 Å². The van der Waals surface area contributed by atoms with Crippen molar-refractivity contribution < 1.29 is 49.0 Å². The Bertz CT molecular complexity index is 1800.